The molecule has 0 aromatic heterocycles. The minimum absolute atomic E-state index is 0.195. The van der Waals surface area contributed by atoms with E-state index in [9.17, 15) is 4.79 Å². The lowest BCUT2D eigenvalue weighted by Crippen LogP contribution is -2.37. The number of amides is 1. The highest BCUT2D eigenvalue weighted by atomic mass is 16.2. The van der Waals surface area contributed by atoms with E-state index in [2.05, 4.69) is 35.2 Å². The number of para-hydroxylation sites is 1. The van der Waals surface area contributed by atoms with Crippen LogP contribution in [0.1, 0.15) is 11.1 Å². The summed E-state index contributed by atoms with van der Waals surface area (Å²) in [4.78, 5) is 16.5. The van der Waals surface area contributed by atoms with Crippen LogP contribution in [-0.2, 0) is 17.8 Å². The van der Waals surface area contributed by atoms with E-state index in [0.29, 0.717) is 13.1 Å². The zero-order valence-corrected chi connectivity index (χ0v) is 11.2. The number of hydrogen-bond acceptors (Lipinski definition) is 2. The molecule has 100 valence electrons. The predicted molar refractivity (Wildman–Crippen MR) is 78.3 cm³/mol. The van der Waals surface area contributed by atoms with Crippen molar-refractivity contribution in [3.05, 3.63) is 65.7 Å². The minimum Gasteiger partial charge on any atom is -0.341 e. The Kier molecular flexibility index (Phi) is 2.52. The number of benzene rings is 2. The van der Waals surface area contributed by atoms with Gasteiger partial charge in [0.2, 0.25) is 5.91 Å². The summed E-state index contributed by atoms with van der Waals surface area (Å²) < 4.78 is 0. The molecule has 1 atom stereocenters. The van der Waals surface area contributed by atoms with Gasteiger partial charge in [0.15, 0.2) is 0 Å². The molecule has 1 unspecified atom stereocenters. The van der Waals surface area contributed by atoms with E-state index < -0.39 is 0 Å². The first kappa shape index (κ1) is 11.5. The van der Waals surface area contributed by atoms with Crippen molar-refractivity contribution in [1.29, 1.82) is 0 Å². The number of nitrogens with zero attached hydrogens (tertiary/aromatic N) is 2. The quantitative estimate of drug-likeness (QED) is 0.831. The number of anilines is 1. The van der Waals surface area contributed by atoms with Crippen LogP contribution in [0.5, 0.6) is 0 Å². The van der Waals surface area contributed by atoms with Gasteiger partial charge in [0.05, 0.1) is 6.54 Å². The highest BCUT2D eigenvalue weighted by Gasteiger charge is 2.42. The summed E-state index contributed by atoms with van der Waals surface area (Å²) in [6, 6.07) is 18.6. The zero-order valence-electron chi connectivity index (χ0n) is 11.2. The van der Waals surface area contributed by atoms with Crippen molar-refractivity contribution in [3.8, 4) is 0 Å². The Bertz CT molecular complexity index is 653. The molecule has 0 bridgehead atoms. The fourth-order valence-electron chi connectivity index (χ4n) is 3.28. The lowest BCUT2D eigenvalue weighted by Gasteiger charge is -2.25. The summed E-state index contributed by atoms with van der Waals surface area (Å²) in [7, 11) is 0. The maximum Gasteiger partial charge on any atom is 0.244 e. The monoisotopic (exact) mass is 264 g/mol. The van der Waals surface area contributed by atoms with Gasteiger partial charge in [-0.25, -0.2) is 0 Å². The molecule has 1 amide bonds. The predicted octanol–water partition coefficient (Wildman–Crippen LogP) is 2.42. The van der Waals surface area contributed by atoms with Gasteiger partial charge in [-0.3, -0.25) is 4.79 Å². The molecule has 1 saturated heterocycles. The number of carbonyl (C=O) groups is 1. The average molecular weight is 264 g/mol. The van der Waals surface area contributed by atoms with Gasteiger partial charge < -0.3 is 9.80 Å². The Morgan fingerprint density at radius 3 is 2.60 bits per heavy atom. The third kappa shape index (κ3) is 1.70. The Balaban J connectivity index is 1.63. The van der Waals surface area contributed by atoms with Gasteiger partial charge in [-0.1, -0.05) is 48.5 Å². The third-order valence-corrected chi connectivity index (χ3v) is 4.24. The fraction of sp³-hybridized carbons (Fsp3) is 0.235. The van der Waals surface area contributed by atoms with Crippen molar-refractivity contribution in [3.63, 3.8) is 0 Å². The van der Waals surface area contributed by atoms with Crippen molar-refractivity contribution in [2.45, 2.75) is 19.1 Å². The fourth-order valence-corrected chi connectivity index (χ4v) is 3.28. The molecule has 1 fully saturated rings. The first-order chi connectivity index (χ1) is 9.83. The molecule has 4 rings (SSSR count). The first-order valence-electron chi connectivity index (χ1n) is 7.01. The molecule has 3 nitrogen and oxygen atoms in total. The van der Waals surface area contributed by atoms with Crippen molar-refractivity contribution in [1.82, 2.24) is 4.90 Å². The summed E-state index contributed by atoms with van der Waals surface area (Å²) in [5.74, 6) is 0.230. The number of hydrogen-bond donors (Lipinski definition) is 0. The second-order valence-corrected chi connectivity index (χ2v) is 5.45. The maximum atomic E-state index is 12.3. The maximum absolute atomic E-state index is 12.3. The van der Waals surface area contributed by atoms with Crippen LogP contribution in [0.4, 0.5) is 5.69 Å². The summed E-state index contributed by atoms with van der Waals surface area (Å²) >= 11 is 0. The summed E-state index contributed by atoms with van der Waals surface area (Å²) in [6.45, 7) is 1.21. The highest BCUT2D eigenvalue weighted by molar-refractivity contribution is 5.87. The molecule has 0 spiro atoms. The molecule has 2 aliphatic heterocycles. The van der Waals surface area contributed by atoms with Crippen molar-refractivity contribution < 1.29 is 4.79 Å². The van der Waals surface area contributed by atoms with E-state index in [1.54, 1.807) is 0 Å². The normalized spacial score (nSPS) is 20.2. The second kappa shape index (κ2) is 4.37. The van der Waals surface area contributed by atoms with Crippen LogP contribution in [0.2, 0.25) is 0 Å². The van der Waals surface area contributed by atoms with Gasteiger partial charge in [-0.2, -0.15) is 0 Å². The molecular weight excluding hydrogens is 248 g/mol. The average Bonchev–Trinajstić information content (AvgIpc) is 2.98. The van der Waals surface area contributed by atoms with E-state index in [-0.39, 0.29) is 12.1 Å². The smallest absolute Gasteiger partial charge is 0.244 e. The molecule has 2 aromatic carbocycles. The molecule has 3 heteroatoms. The van der Waals surface area contributed by atoms with Gasteiger partial charge in [0.1, 0.15) is 6.17 Å². The largest absolute Gasteiger partial charge is 0.341 e. The Morgan fingerprint density at radius 1 is 1.00 bits per heavy atom. The van der Waals surface area contributed by atoms with Crippen LogP contribution in [-0.4, -0.2) is 23.5 Å². The van der Waals surface area contributed by atoms with E-state index in [1.807, 2.05) is 29.2 Å². The SMILES string of the molecule is O=C1CN2c3ccccc3CC2N1Cc1ccccc1. The zero-order chi connectivity index (χ0) is 13.5. The van der Waals surface area contributed by atoms with Crippen LogP contribution in [0, 0.1) is 0 Å². The van der Waals surface area contributed by atoms with E-state index in [1.165, 1.54) is 16.8 Å². The van der Waals surface area contributed by atoms with Crippen LogP contribution >= 0.6 is 0 Å². The molecule has 0 aliphatic carbocycles. The molecular formula is C17H16N2O. The lowest BCUT2D eigenvalue weighted by molar-refractivity contribution is -0.128. The molecule has 0 saturated carbocycles. The Morgan fingerprint density at radius 2 is 1.75 bits per heavy atom. The van der Waals surface area contributed by atoms with Crippen molar-refractivity contribution >= 4 is 11.6 Å². The van der Waals surface area contributed by atoms with Crippen molar-refractivity contribution in [2.75, 3.05) is 11.4 Å². The lowest BCUT2D eigenvalue weighted by atomic mass is 10.1. The van der Waals surface area contributed by atoms with Crippen LogP contribution in [0.15, 0.2) is 54.6 Å². The van der Waals surface area contributed by atoms with Gasteiger partial charge >= 0.3 is 0 Å². The number of fused-ring (bicyclic) bond motifs is 3. The Hall–Kier alpha value is -2.29. The topological polar surface area (TPSA) is 23.6 Å². The van der Waals surface area contributed by atoms with E-state index in [0.717, 1.165) is 6.42 Å². The molecule has 2 heterocycles. The summed E-state index contributed by atoms with van der Waals surface area (Å²) in [5.41, 5.74) is 3.77. The highest BCUT2D eigenvalue weighted by Crippen LogP contribution is 2.37. The first-order valence-corrected chi connectivity index (χ1v) is 7.01. The van der Waals surface area contributed by atoms with E-state index >= 15 is 0 Å². The van der Waals surface area contributed by atoms with E-state index in [4.69, 9.17) is 0 Å². The van der Waals surface area contributed by atoms with Gasteiger partial charge in [-0.05, 0) is 17.2 Å². The summed E-state index contributed by atoms with van der Waals surface area (Å²) in [5, 5.41) is 0. The Labute approximate surface area is 118 Å². The second-order valence-electron chi connectivity index (χ2n) is 5.45. The summed E-state index contributed by atoms with van der Waals surface area (Å²) in [6.07, 6.45) is 1.13. The van der Waals surface area contributed by atoms with Crippen LogP contribution < -0.4 is 4.90 Å². The van der Waals surface area contributed by atoms with Crippen LogP contribution in [0.25, 0.3) is 0 Å². The molecule has 0 radical (unpaired) electrons. The van der Waals surface area contributed by atoms with Gasteiger partial charge in [0, 0.05) is 18.7 Å². The van der Waals surface area contributed by atoms with Crippen molar-refractivity contribution in [2.24, 2.45) is 0 Å². The molecule has 2 aliphatic rings. The number of rotatable bonds is 2. The molecule has 20 heavy (non-hydrogen) atoms. The van der Waals surface area contributed by atoms with Crippen LogP contribution in [0.3, 0.4) is 0 Å². The van der Waals surface area contributed by atoms with Gasteiger partial charge in [0.25, 0.3) is 0 Å². The third-order valence-electron chi connectivity index (χ3n) is 4.24. The minimum atomic E-state index is 0.195. The number of carbonyl (C=O) groups excluding carboxylic acids is 1. The van der Waals surface area contributed by atoms with Gasteiger partial charge in [-0.15, -0.1) is 0 Å². The molecule has 2 aromatic rings. The standard InChI is InChI=1S/C17H16N2O/c20-17-12-18-15-9-5-4-8-14(15)10-16(18)19(17)11-13-6-2-1-3-7-13/h1-9,16H,10-12H2. The molecule has 0 N–H and O–H groups in total.